The second-order valence-electron chi connectivity index (χ2n) is 7.85. The molecule has 4 heterocycles. The van der Waals surface area contributed by atoms with Crippen molar-refractivity contribution in [1.82, 2.24) is 30.5 Å². The zero-order valence-corrected chi connectivity index (χ0v) is 15.9. The summed E-state index contributed by atoms with van der Waals surface area (Å²) >= 11 is 0. The van der Waals surface area contributed by atoms with Crippen molar-refractivity contribution in [3.63, 3.8) is 0 Å². The highest BCUT2D eigenvalue weighted by Crippen LogP contribution is 2.29. The van der Waals surface area contributed by atoms with E-state index in [9.17, 15) is 14.4 Å². The molecule has 9 nitrogen and oxygen atoms in total. The number of nitrogens with one attached hydrogen (secondary N) is 2. The van der Waals surface area contributed by atoms with Gasteiger partial charge in [0.25, 0.3) is 5.91 Å². The molecule has 5 rings (SSSR count). The van der Waals surface area contributed by atoms with Crippen LogP contribution in [0.15, 0.2) is 24.4 Å². The molecule has 2 saturated heterocycles. The number of amides is 3. The number of aromatic nitrogens is 3. The van der Waals surface area contributed by atoms with Crippen LogP contribution >= 0.6 is 0 Å². The van der Waals surface area contributed by atoms with E-state index in [-0.39, 0.29) is 18.2 Å². The summed E-state index contributed by atoms with van der Waals surface area (Å²) in [7, 11) is 0. The zero-order chi connectivity index (χ0) is 20.0. The number of carbonyl (C=O) groups excluding carboxylic acids is 3. The highest BCUT2D eigenvalue weighted by Gasteiger charge is 2.39. The number of nitrogens with zero attached hydrogens (tertiary/aromatic N) is 4. The Morgan fingerprint density at radius 1 is 1.07 bits per heavy atom. The molecule has 2 fully saturated rings. The Morgan fingerprint density at radius 2 is 1.90 bits per heavy atom. The van der Waals surface area contributed by atoms with E-state index in [0.29, 0.717) is 24.4 Å². The number of piperidine rings is 2. The summed E-state index contributed by atoms with van der Waals surface area (Å²) < 4.78 is 1.75. The number of carbonyl (C=O) groups is 3. The van der Waals surface area contributed by atoms with Gasteiger partial charge in [0.1, 0.15) is 6.04 Å². The Balaban J connectivity index is 1.37. The molecule has 3 amide bonds. The first-order chi connectivity index (χ1) is 14.1. The van der Waals surface area contributed by atoms with Crippen LogP contribution in [0.2, 0.25) is 0 Å². The van der Waals surface area contributed by atoms with Crippen molar-refractivity contribution in [3.05, 3.63) is 41.2 Å². The first kappa shape index (κ1) is 18.0. The van der Waals surface area contributed by atoms with Crippen LogP contribution in [0.1, 0.15) is 53.2 Å². The van der Waals surface area contributed by atoms with E-state index >= 15 is 0 Å². The van der Waals surface area contributed by atoms with Gasteiger partial charge in [-0.1, -0.05) is 5.21 Å². The van der Waals surface area contributed by atoms with E-state index in [4.69, 9.17) is 0 Å². The second-order valence-corrected chi connectivity index (χ2v) is 7.85. The Labute approximate surface area is 167 Å². The minimum absolute atomic E-state index is 0.171. The summed E-state index contributed by atoms with van der Waals surface area (Å²) in [5.41, 5.74) is 3.29. The lowest BCUT2D eigenvalue weighted by atomic mass is 9.95. The molecule has 0 radical (unpaired) electrons. The fourth-order valence-corrected chi connectivity index (χ4v) is 4.41. The molecule has 0 spiro atoms. The van der Waals surface area contributed by atoms with Gasteiger partial charge in [0.2, 0.25) is 11.8 Å². The van der Waals surface area contributed by atoms with Crippen LogP contribution in [-0.2, 0) is 16.1 Å². The van der Waals surface area contributed by atoms with Gasteiger partial charge in [0, 0.05) is 24.4 Å². The van der Waals surface area contributed by atoms with E-state index in [1.807, 2.05) is 18.3 Å². The van der Waals surface area contributed by atoms with Gasteiger partial charge in [0.15, 0.2) is 0 Å². The third kappa shape index (κ3) is 3.21. The minimum atomic E-state index is -0.603. The summed E-state index contributed by atoms with van der Waals surface area (Å²) in [5, 5.41) is 14.3. The lowest BCUT2D eigenvalue weighted by Crippen LogP contribution is -2.52. The van der Waals surface area contributed by atoms with Crippen LogP contribution in [0.25, 0.3) is 5.69 Å². The van der Waals surface area contributed by atoms with E-state index in [2.05, 4.69) is 20.9 Å². The van der Waals surface area contributed by atoms with Gasteiger partial charge >= 0.3 is 0 Å². The predicted octanol–water partition coefficient (Wildman–Crippen LogP) is 0.495. The molecule has 3 aliphatic heterocycles. The number of rotatable bonds is 3. The summed E-state index contributed by atoms with van der Waals surface area (Å²) in [6, 6.07) is 4.96. The van der Waals surface area contributed by atoms with E-state index in [1.54, 1.807) is 15.6 Å². The van der Waals surface area contributed by atoms with Crippen molar-refractivity contribution in [2.75, 3.05) is 13.1 Å². The van der Waals surface area contributed by atoms with Crippen molar-refractivity contribution >= 4 is 17.7 Å². The van der Waals surface area contributed by atoms with Gasteiger partial charge in [-0.3, -0.25) is 19.7 Å². The fourth-order valence-electron chi connectivity index (χ4n) is 4.41. The Hall–Kier alpha value is -3.07. The summed E-state index contributed by atoms with van der Waals surface area (Å²) in [4.78, 5) is 37.9. The van der Waals surface area contributed by atoms with Crippen molar-refractivity contribution in [1.29, 1.82) is 0 Å². The maximum atomic E-state index is 12.8. The van der Waals surface area contributed by atoms with E-state index in [0.717, 1.165) is 42.9 Å². The van der Waals surface area contributed by atoms with E-state index < -0.39 is 11.9 Å². The molecular weight excluding hydrogens is 372 g/mol. The van der Waals surface area contributed by atoms with Gasteiger partial charge < -0.3 is 10.2 Å². The predicted molar refractivity (Wildman–Crippen MR) is 102 cm³/mol. The molecule has 150 valence electrons. The molecule has 0 saturated carbocycles. The van der Waals surface area contributed by atoms with Crippen LogP contribution in [0.4, 0.5) is 0 Å². The lowest BCUT2D eigenvalue weighted by Gasteiger charge is -2.29. The third-order valence-electron chi connectivity index (χ3n) is 6.04. The lowest BCUT2D eigenvalue weighted by molar-refractivity contribution is -0.136. The molecule has 0 bridgehead atoms. The Bertz CT molecular complexity index is 994. The average Bonchev–Trinajstić information content (AvgIpc) is 3.34. The third-order valence-corrected chi connectivity index (χ3v) is 6.04. The van der Waals surface area contributed by atoms with Gasteiger partial charge in [-0.25, -0.2) is 4.68 Å². The van der Waals surface area contributed by atoms with Crippen LogP contribution in [0.5, 0.6) is 0 Å². The number of hydrogen-bond donors (Lipinski definition) is 2. The van der Waals surface area contributed by atoms with Crippen molar-refractivity contribution in [3.8, 4) is 5.69 Å². The van der Waals surface area contributed by atoms with Crippen LogP contribution in [-0.4, -0.2) is 56.7 Å². The molecule has 2 aromatic rings. The Morgan fingerprint density at radius 3 is 2.69 bits per heavy atom. The molecule has 2 N–H and O–H groups in total. The number of hydrogen-bond acceptors (Lipinski definition) is 6. The smallest absolute Gasteiger partial charge is 0.255 e. The first-order valence-corrected chi connectivity index (χ1v) is 10.0. The summed E-state index contributed by atoms with van der Waals surface area (Å²) in [6.45, 7) is 2.34. The average molecular weight is 394 g/mol. The van der Waals surface area contributed by atoms with Gasteiger partial charge in [-0.05, 0) is 56.1 Å². The second kappa shape index (κ2) is 7.07. The van der Waals surface area contributed by atoms with Crippen molar-refractivity contribution < 1.29 is 14.4 Å². The molecule has 1 atom stereocenters. The monoisotopic (exact) mass is 394 g/mol. The van der Waals surface area contributed by atoms with Crippen molar-refractivity contribution in [2.24, 2.45) is 0 Å². The SMILES string of the molecule is O=C1CCC(N2Cc3cc(-n4cc(C5CCNCC5)nn4)ccc3C2=O)C(=O)N1. The topological polar surface area (TPSA) is 109 Å². The van der Waals surface area contributed by atoms with Crippen LogP contribution in [0.3, 0.4) is 0 Å². The largest absolute Gasteiger partial charge is 0.322 e. The van der Waals surface area contributed by atoms with Gasteiger partial charge in [-0.15, -0.1) is 5.10 Å². The molecule has 3 aliphatic rings. The van der Waals surface area contributed by atoms with E-state index in [1.165, 1.54) is 0 Å². The maximum absolute atomic E-state index is 12.8. The number of benzene rings is 1. The first-order valence-electron chi connectivity index (χ1n) is 10.0. The molecule has 1 aromatic heterocycles. The molecule has 0 aliphatic carbocycles. The number of fused-ring (bicyclic) bond motifs is 1. The van der Waals surface area contributed by atoms with Gasteiger partial charge in [-0.2, -0.15) is 0 Å². The molecule has 29 heavy (non-hydrogen) atoms. The molecule has 1 aromatic carbocycles. The summed E-state index contributed by atoms with van der Waals surface area (Å²) in [5.74, 6) is -0.432. The number of imide groups is 1. The maximum Gasteiger partial charge on any atom is 0.255 e. The fraction of sp³-hybridized carbons (Fsp3) is 0.450. The highest BCUT2D eigenvalue weighted by molar-refractivity contribution is 6.05. The van der Waals surface area contributed by atoms with Crippen LogP contribution in [0, 0.1) is 0 Å². The molecular formula is C20H22N6O3. The quantitative estimate of drug-likeness (QED) is 0.734. The highest BCUT2D eigenvalue weighted by atomic mass is 16.2. The minimum Gasteiger partial charge on any atom is -0.322 e. The Kier molecular flexibility index (Phi) is 4.39. The standard InChI is InChI=1S/C20H22N6O3/c27-18-4-3-17(19(28)22-18)25-10-13-9-14(1-2-15(13)20(25)29)26-11-16(23-24-26)12-5-7-21-8-6-12/h1-2,9,11-12,17,21H,3-8,10H2,(H,22,27,28). The normalized spacial score (nSPS) is 22.7. The summed E-state index contributed by atoms with van der Waals surface area (Å²) in [6.07, 6.45) is 4.68. The molecule has 9 heteroatoms. The van der Waals surface area contributed by atoms with Gasteiger partial charge in [0.05, 0.1) is 17.6 Å². The van der Waals surface area contributed by atoms with Crippen LogP contribution < -0.4 is 10.6 Å². The van der Waals surface area contributed by atoms with Crippen molar-refractivity contribution in [2.45, 2.75) is 44.2 Å². The molecule has 1 unspecified atom stereocenters. The zero-order valence-electron chi connectivity index (χ0n) is 15.9.